The molecule has 0 unspecified atom stereocenters. The van der Waals surface area contributed by atoms with Gasteiger partial charge in [0.25, 0.3) is 5.22 Å². The summed E-state index contributed by atoms with van der Waals surface area (Å²) >= 11 is 1.22. The minimum absolute atomic E-state index is 0.103. The SMILES string of the molecule is COc1cccc(CNC(=O)CSc2nnc(-c3cc(C)cc(C)c3)o2)c1. The van der Waals surface area contributed by atoms with Crippen molar-refractivity contribution in [1.29, 1.82) is 0 Å². The molecule has 0 saturated carbocycles. The van der Waals surface area contributed by atoms with E-state index in [4.69, 9.17) is 9.15 Å². The van der Waals surface area contributed by atoms with E-state index in [0.29, 0.717) is 17.7 Å². The highest BCUT2D eigenvalue weighted by Gasteiger charge is 2.12. The van der Waals surface area contributed by atoms with Crippen molar-refractivity contribution in [2.24, 2.45) is 0 Å². The van der Waals surface area contributed by atoms with Gasteiger partial charge in [-0.25, -0.2) is 0 Å². The van der Waals surface area contributed by atoms with Crippen molar-refractivity contribution in [3.8, 4) is 17.2 Å². The summed E-state index contributed by atoms with van der Waals surface area (Å²) in [5.74, 6) is 1.33. The van der Waals surface area contributed by atoms with Crippen LogP contribution in [0.25, 0.3) is 11.5 Å². The summed E-state index contributed by atoms with van der Waals surface area (Å²) in [5.41, 5.74) is 4.13. The molecule has 1 amide bonds. The summed E-state index contributed by atoms with van der Waals surface area (Å²) in [7, 11) is 1.62. The first-order valence-electron chi connectivity index (χ1n) is 8.48. The Morgan fingerprint density at radius 3 is 2.67 bits per heavy atom. The number of carbonyl (C=O) groups excluding carboxylic acids is 1. The molecule has 0 aliphatic rings. The highest BCUT2D eigenvalue weighted by atomic mass is 32.2. The molecule has 0 aliphatic carbocycles. The fourth-order valence-electron chi connectivity index (χ4n) is 2.64. The lowest BCUT2D eigenvalue weighted by atomic mass is 10.1. The first kappa shape index (κ1) is 19.0. The number of nitrogens with zero attached hydrogens (tertiary/aromatic N) is 2. The quantitative estimate of drug-likeness (QED) is 0.626. The van der Waals surface area contributed by atoms with E-state index < -0.39 is 0 Å². The van der Waals surface area contributed by atoms with Crippen molar-refractivity contribution in [1.82, 2.24) is 15.5 Å². The molecule has 0 fully saturated rings. The van der Waals surface area contributed by atoms with E-state index in [1.165, 1.54) is 11.8 Å². The molecule has 1 aromatic heterocycles. The first-order valence-corrected chi connectivity index (χ1v) is 9.46. The Morgan fingerprint density at radius 2 is 1.93 bits per heavy atom. The van der Waals surface area contributed by atoms with E-state index in [-0.39, 0.29) is 11.7 Å². The van der Waals surface area contributed by atoms with Crippen LogP contribution in [0, 0.1) is 13.8 Å². The number of aryl methyl sites for hydroxylation is 2. The number of aromatic nitrogens is 2. The minimum atomic E-state index is -0.103. The Bertz CT molecular complexity index is 919. The summed E-state index contributed by atoms with van der Waals surface area (Å²) in [4.78, 5) is 12.1. The lowest BCUT2D eigenvalue weighted by molar-refractivity contribution is -0.118. The van der Waals surface area contributed by atoms with Crippen LogP contribution in [0.4, 0.5) is 0 Å². The van der Waals surface area contributed by atoms with Crippen LogP contribution in [-0.2, 0) is 11.3 Å². The third kappa shape index (κ3) is 5.34. The molecule has 140 valence electrons. The number of ether oxygens (including phenoxy) is 1. The normalized spacial score (nSPS) is 10.6. The molecule has 0 aliphatic heterocycles. The van der Waals surface area contributed by atoms with Gasteiger partial charge in [-0.3, -0.25) is 4.79 Å². The van der Waals surface area contributed by atoms with Crippen molar-refractivity contribution in [3.63, 3.8) is 0 Å². The maximum absolute atomic E-state index is 12.1. The molecule has 3 rings (SSSR count). The van der Waals surface area contributed by atoms with Crippen LogP contribution in [0.2, 0.25) is 0 Å². The van der Waals surface area contributed by atoms with Gasteiger partial charge >= 0.3 is 0 Å². The number of amides is 1. The Morgan fingerprint density at radius 1 is 1.15 bits per heavy atom. The molecule has 0 saturated heterocycles. The topological polar surface area (TPSA) is 77.2 Å². The van der Waals surface area contributed by atoms with Gasteiger partial charge in [-0.1, -0.05) is 41.1 Å². The van der Waals surface area contributed by atoms with Crippen LogP contribution in [-0.4, -0.2) is 29.0 Å². The molecular formula is C20H21N3O3S. The zero-order valence-electron chi connectivity index (χ0n) is 15.5. The smallest absolute Gasteiger partial charge is 0.277 e. The monoisotopic (exact) mass is 383 g/mol. The minimum Gasteiger partial charge on any atom is -0.497 e. The molecule has 0 spiro atoms. The second-order valence-electron chi connectivity index (χ2n) is 6.17. The summed E-state index contributed by atoms with van der Waals surface area (Å²) in [6.07, 6.45) is 0. The van der Waals surface area contributed by atoms with Gasteiger partial charge in [-0.15, -0.1) is 10.2 Å². The van der Waals surface area contributed by atoms with Gasteiger partial charge < -0.3 is 14.5 Å². The maximum Gasteiger partial charge on any atom is 0.277 e. The summed E-state index contributed by atoms with van der Waals surface area (Å²) in [6, 6.07) is 13.7. The second-order valence-corrected chi connectivity index (χ2v) is 7.09. The maximum atomic E-state index is 12.1. The number of nitrogens with one attached hydrogen (secondary N) is 1. The number of rotatable bonds is 7. The van der Waals surface area contributed by atoms with Crippen LogP contribution in [0.3, 0.4) is 0 Å². The van der Waals surface area contributed by atoms with E-state index >= 15 is 0 Å². The van der Waals surface area contributed by atoms with Crippen LogP contribution in [0.1, 0.15) is 16.7 Å². The molecule has 2 aromatic carbocycles. The molecule has 1 heterocycles. The number of thioether (sulfide) groups is 1. The van der Waals surface area contributed by atoms with Gasteiger partial charge in [0.2, 0.25) is 11.8 Å². The average Bonchev–Trinajstić information content (AvgIpc) is 3.13. The van der Waals surface area contributed by atoms with Crippen molar-refractivity contribution >= 4 is 17.7 Å². The van der Waals surface area contributed by atoms with Gasteiger partial charge in [0.1, 0.15) is 5.75 Å². The molecular weight excluding hydrogens is 362 g/mol. The van der Waals surface area contributed by atoms with Gasteiger partial charge in [0.15, 0.2) is 0 Å². The molecule has 6 nitrogen and oxygen atoms in total. The third-order valence-electron chi connectivity index (χ3n) is 3.83. The number of methoxy groups -OCH3 is 1. The molecule has 0 atom stereocenters. The number of hydrogen-bond donors (Lipinski definition) is 1. The van der Waals surface area contributed by atoms with Gasteiger partial charge in [0.05, 0.1) is 12.9 Å². The fourth-order valence-corrected chi connectivity index (χ4v) is 3.24. The number of hydrogen-bond acceptors (Lipinski definition) is 6. The van der Waals surface area contributed by atoms with Gasteiger partial charge in [-0.05, 0) is 43.7 Å². The molecule has 27 heavy (non-hydrogen) atoms. The Labute approximate surface area is 162 Å². The van der Waals surface area contributed by atoms with E-state index in [0.717, 1.165) is 28.0 Å². The summed E-state index contributed by atoms with van der Waals surface area (Å²) in [6.45, 7) is 4.48. The predicted molar refractivity (Wildman–Crippen MR) is 105 cm³/mol. The lowest BCUT2D eigenvalue weighted by Gasteiger charge is -2.06. The summed E-state index contributed by atoms with van der Waals surface area (Å²) < 4.78 is 10.8. The molecule has 0 bridgehead atoms. The Balaban J connectivity index is 1.52. The van der Waals surface area contributed by atoms with Crippen LogP contribution in [0.5, 0.6) is 5.75 Å². The van der Waals surface area contributed by atoms with E-state index in [2.05, 4.69) is 21.6 Å². The van der Waals surface area contributed by atoms with Crippen molar-refractivity contribution in [2.45, 2.75) is 25.6 Å². The Kier molecular flexibility index (Phi) is 6.13. The van der Waals surface area contributed by atoms with E-state index in [1.807, 2.05) is 50.2 Å². The zero-order valence-corrected chi connectivity index (χ0v) is 16.3. The van der Waals surface area contributed by atoms with Gasteiger partial charge in [-0.2, -0.15) is 0 Å². The van der Waals surface area contributed by atoms with E-state index in [9.17, 15) is 4.79 Å². The first-order chi connectivity index (χ1) is 13.0. The van der Waals surface area contributed by atoms with Crippen molar-refractivity contribution in [2.75, 3.05) is 12.9 Å². The largest absolute Gasteiger partial charge is 0.497 e. The number of benzene rings is 2. The van der Waals surface area contributed by atoms with Crippen molar-refractivity contribution < 1.29 is 13.9 Å². The highest BCUT2D eigenvalue weighted by Crippen LogP contribution is 2.24. The zero-order chi connectivity index (χ0) is 19.2. The standard InChI is InChI=1S/C20H21N3O3S/c1-13-7-14(2)9-16(8-13)19-22-23-20(26-19)27-12-18(24)21-11-15-5-4-6-17(10-15)25-3/h4-10H,11-12H2,1-3H3,(H,21,24). The van der Waals surface area contributed by atoms with Crippen LogP contribution < -0.4 is 10.1 Å². The van der Waals surface area contributed by atoms with Gasteiger partial charge in [0, 0.05) is 12.1 Å². The second kappa shape index (κ2) is 8.73. The number of carbonyl (C=O) groups is 1. The summed E-state index contributed by atoms with van der Waals surface area (Å²) in [5, 5.41) is 11.3. The molecule has 7 heteroatoms. The van der Waals surface area contributed by atoms with E-state index in [1.54, 1.807) is 7.11 Å². The van der Waals surface area contributed by atoms with Crippen LogP contribution >= 0.6 is 11.8 Å². The molecule has 1 N–H and O–H groups in total. The third-order valence-corrected chi connectivity index (χ3v) is 4.64. The van der Waals surface area contributed by atoms with Crippen LogP contribution in [0.15, 0.2) is 52.1 Å². The van der Waals surface area contributed by atoms with Crippen molar-refractivity contribution in [3.05, 3.63) is 59.2 Å². The highest BCUT2D eigenvalue weighted by molar-refractivity contribution is 7.99. The fraction of sp³-hybridized carbons (Fsp3) is 0.250. The predicted octanol–water partition coefficient (Wildman–Crippen LogP) is 3.77. The molecule has 0 radical (unpaired) electrons. The molecule has 3 aromatic rings. The Hall–Kier alpha value is -2.80. The lowest BCUT2D eigenvalue weighted by Crippen LogP contribution is -2.24. The average molecular weight is 383 g/mol.